The molecule has 1 aliphatic rings. The zero-order valence-electron chi connectivity index (χ0n) is 11.6. The number of hydrogen-bond acceptors (Lipinski definition) is 4. The van der Waals surface area contributed by atoms with Crippen LogP contribution in [0.1, 0.15) is 0 Å². The number of hydrogen-bond donors (Lipinski definition) is 0. The zero-order chi connectivity index (χ0) is 14.1. The number of fused-ring (bicyclic) bond motifs is 1. The SMILES string of the molecule is C[N+](C)=C(N1CCOCC1)n1n[n+]([O-])c2ncccc21. The Kier molecular flexibility index (Phi) is 3.23. The fourth-order valence-corrected chi connectivity index (χ4v) is 2.39. The molecule has 0 atom stereocenters. The standard InChI is InChI=1S/C12H17N6O2/c1-15(2)12(16-6-8-20-9-7-16)17-10-4-3-5-13-11(10)18(19)14-17/h3-5H,6-9H2,1-2H3/q+1. The summed E-state index contributed by atoms with van der Waals surface area (Å²) in [6, 6.07) is 3.64. The van der Waals surface area contributed by atoms with E-state index >= 15 is 0 Å². The molecule has 0 bridgehead atoms. The highest BCUT2D eigenvalue weighted by Gasteiger charge is 2.29. The van der Waals surface area contributed by atoms with Gasteiger partial charge in [-0.2, -0.15) is 0 Å². The van der Waals surface area contributed by atoms with Crippen molar-refractivity contribution < 1.29 is 14.2 Å². The second-order valence-corrected chi connectivity index (χ2v) is 4.81. The topological polar surface area (TPSA) is 73.1 Å². The normalized spacial score (nSPS) is 15.6. The summed E-state index contributed by atoms with van der Waals surface area (Å²) in [4.78, 5) is 6.79. The lowest BCUT2D eigenvalue weighted by molar-refractivity contribution is -0.647. The highest BCUT2D eigenvalue weighted by Crippen LogP contribution is 2.08. The molecule has 20 heavy (non-hydrogen) atoms. The molecule has 3 heterocycles. The maximum atomic E-state index is 11.9. The molecule has 1 aliphatic heterocycles. The summed E-state index contributed by atoms with van der Waals surface area (Å²) in [7, 11) is 3.87. The molecular formula is C12H17N6O2+. The Morgan fingerprint density at radius 3 is 2.85 bits per heavy atom. The maximum absolute atomic E-state index is 11.9. The number of ether oxygens (including phenoxy) is 1. The molecule has 0 spiro atoms. The van der Waals surface area contributed by atoms with E-state index < -0.39 is 0 Å². The van der Waals surface area contributed by atoms with E-state index in [-0.39, 0.29) is 0 Å². The van der Waals surface area contributed by atoms with E-state index in [0.717, 1.165) is 19.0 Å². The van der Waals surface area contributed by atoms with E-state index in [9.17, 15) is 5.21 Å². The van der Waals surface area contributed by atoms with Gasteiger partial charge in [0.1, 0.15) is 6.20 Å². The van der Waals surface area contributed by atoms with E-state index in [1.54, 1.807) is 16.9 Å². The second-order valence-electron chi connectivity index (χ2n) is 4.81. The molecule has 0 amide bonds. The van der Waals surface area contributed by atoms with Crippen LogP contribution in [-0.4, -0.2) is 70.7 Å². The van der Waals surface area contributed by atoms with Gasteiger partial charge in [-0.1, -0.05) is 4.68 Å². The minimum absolute atomic E-state index is 0.320. The van der Waals surface area contributed by atoms with Gasteiger partial charge in [0, 0.05) is 5.21 Å². The first-order valence-electron chi connectivity index (χ1n) is 6.49. The highest BCUT2D eigenvalue weighted by molar-refractivity contribution is 5.85. The molecule has 0 N–H and O–H groups in total. The van der Waals surface area contributed by atoms with Crippen LogP contribution in [0.4, 0.5) is 0 Å². The maximum Gasteiger partial charge on any atom is 0.382 e. The molecule has 106 valence electrons. The summed E-state index contributed by atoms with van der Waals surface area (Å²) in [6.07, 6.45) is 1.59. The molecule has 0 radical (unpaired) electrons. The van der Waals surface area contributed by atoms with Crippen molar-refractivity contribution >= 4 is 17.1 Å². The Morgan fingerprint density at radius 1 is 1.40 bits per heavy atom. The van der Waals surface area contributed by atoms with Gasteiger partial charge in [-0.25, -0.2) is 0 Å². The van der Waals surface area contributed by atoms with Crippen LogP contribution in [0.15, 0.2) is 18.3 Å². The first-order valence-corrected chi connectivity index (χ1v) is 6.49. The summed E-state index contributed by atoms with van der Waals surface area (Å²) >= 11 is 0. The predicted octanol–water partition coefficient (Wildman–Crippen LogP) is -1.13. The van der Waals surface area contributed by atoms with Crippen molar-refractivity contribution in [2.45, 2.75) is 0 Å². The summed E-state index contributed by atoms with van der Waals surface area (Å²) in [5.41, 5.74) is 1.01. The molecule has 0 saturated carbocycles. The van der Waals surface area contributed by atoms with Gasteiger partial charge in [0.05, 0.1) is 40.4 Å². The molecule has 3 rings (SSSR count). The molecular weight excluding hydrogens is 260 g/mol. The van der Waals surface area contributed by atoms with Crippen LogP contribution in [-0.2, 0) is 4.74 Å². The van der Waals surface area contributed by atoms with Crippen LogP contribution < -0.4 is 4.85 Å². The number of rotatable bonds is 0. The van der Waals surface area contributed by atoms with Crippen molar-refractivity contribution in [1.82, 2.24) is 19.8 Å². The lowest BCUT2D eigenvalue weighted by Crippen LogP contribution is -2.48. The number of pyridine rings is 1. The van der Waals surface area contributed by atoms with Crippen molar-refractivity contribution in [3.63, 3.8) is 0 Å². The summed E-state index contributed by atoms with van der Waals surface area (Å²) in [5, 5.41) is 15.9. The van der Waals surface area contributed by atoms with E-state index in [1.807, 2.05) is 24.7 Å². The molecule has 0 unspecified atom stereocenters. The van der Waals surface area contributed by atoms with Gasteiger partial charge in [-0.15, -0.1) is 9.83 Å². The van der Waals surface area contributed by atoms with Gasteiger partial charge in [0.15, 0.2) is 0 Å². The van der Waals surface area contributed by atoms with Gasteiger partial charge in [-0.3, -0.25) is 9.48 Å². The van der Waals surface area contributed by atoms with Gasteiger partial charge in [-0.05, 0) is 12.1 Å². The summed E-state index contributed by atoms with van der Waals surface area (Å²) in [5.74, 6) is 0.848. The fourth-order valence-electron chi connectivity index (χ4n) is 2.39. The molecule has 2 aromatic rings. The minimum atomic E-state index is 0.320. The van der Waals surface area contributed by atoms with Gasteiger partial charge in [0.25, 0.3) is 0 Å². The first kappa shape index (κ1) is 12.8. The molecule has 8 heteroatoms. The van der Waals surface area contributed by atoms with E-state index in [4.69, 9.17) is 4.74 Å². The van der Waals surface area contributed by atoms with Gasteiger partial charge in [0.2, 0.25) is 5.52 Å². The first-order chi connectivity index (χ1) is 9.68. The van der Waals surface area contributed by atoms with Crippen molar-refractivity contribution in [1.29, 1.82) is 0 Å². The van der Waals surface area contributed by atoms with Crippen molar-refractivity contribution in [3.05, 3.63) is 23.5 Å². The quantitative estimate of drug-likeness (QED) is 0.264. The lowest BCUT2D eigenvalue weighted by Gasteiger charge is -2.24. The number of morpholine rings is 1. The van der Waals surface area contributed by atoms with Crippen LogP contribution in [0.3, 0.4) is 0 Å². The summed E-state index contributed by atoms with van der Waals surface area (Å²) < 4.78 is 8.96. The second kappa shape index (κ2) is 5.04. The summed E-state index contributed by atoms with van der Waals surface area (Å²) in [6.45, 7) is 2.89. The van der Waals surface area contributed by atoms with Crippen LogP contribution in [0.5, 0.6) is 0 Å². The monoisotopic (exact) mass is 277 g/mol. The smallest absolute Gasteiger partial charge is 0.382 e. The Bertz CT molecular complexity index is 655. The van der Waals surface area contributed by atoms with E-state index in [1.165, 1.54) is 0 Å². The van der Waals surface area contributed by atoms with E-state index in [2.05, 4.69) is 15.1 Å². The molecule has 2 aromatic heterocycles. The van der Waals surface area contributed by atoms with Crippen molar-refractivity contribution in [2.24, 2.45) is 0 Å². The van der Waals surface area contributed by atoms with Crippen LogP contribution in [0, 0.1) is 5.21 Å². The average Bonchev–Trinajstić information content (AvgIpc) is 2.78. The van der Waals surface area contributed by atoms with Crippen LogP contribution >= 0.6 is 0 Å². The van der Waals surface area contributed by atoms with Crippen LogP contribution in [0.2, 0.25) is 0 Å². The zero-order valence-corrected chi connectivity index (χ0v) is 11.6. The number of nitrogens with zero attached hydrogens (tertiary/aromatic N) is 6. The number of aromatic nitrogens is 4. The Balaban J connectivity index is 2.13. The Hall–Kier alpha value is -2.22. The third kappa shape index (κ3) is 2.07. The van der Waals surface area contributed by atoms with Crippen molar-refractivity contribution in [2.75, 3.05) is 40.4 Å². The molecule has 1 saturated heterocycles. The third-order valence-electron chi connectivity index (χ3n) is 3.23. The van der Waals surface area contributed by atoms with Crippen LogP contribution in [0.25, 0.3) is 11.2 Å². The predicted molar refractivity (Wildman–Crippen MR) is 71.4 cm³/mol. The fraction of sp³-hybridized carbons (Fsp3) is 0.500. The molecule has 0 aromatic carbocycles. The molecule has 8 nitrogen and oxygen atoms in total. The Labute approximate surface area is 116 Å². The molecule has 1 fully saturated rings. The lowest BCUT2D eigenvalue weighted by atomic mass is 10.4. The van der Waals surface area contributed by atoms with Gasteiger partial charge >= 0.3 is 11.6 Å². The van der Waals surface area contributed by atoms with E-state index in [0.29, 0.717) is 29.2 Å². The third-order valence-corrected chi connectivity index (χ3v) is 3.23. The Morgan fingerprint density at radius 2 is 2.15 bits per heavy atom. The largest absolute Gasteiger partial charge is 0.721 e. The average molecular weight is 277 g/mol. The minimum Gasteiger partial charge on any atom is -0.721 e. The highest BCUT2D eigenvalue weighted by atomic mass is 16.5. The molecule has 0 aliphatic carbocycles. The van der Waals surface area contributed by atoms with Gasteiger partial charge < -0.3 is 9.94 Å². The van der Waals surface area contributed by atoms with Crippen molar-refractivity contribution in [3.8, 4) is 0 Å².